The van der Waals surface area contributed by atoms with Crippen LogP contribution >= 0.6 is 0 Å². The summed E-state index contributed by atoms with van der Waals surface area (Å²) in [7, 11) is 0. The fourth-order valence-electron chi connectivity index (χ4n) is 7.85. The smallest absolute Gasteiger partial charge is 0.333 e. The topological polar surface area (TPSA) is 384 Å². The maximum Gasteiger partial charge on any atom is 0.333 e. The van der Waals surface area contributed by atoms with Crippen molar-refractivity contribution < 1.29 is 131 Å². The molecule has 20 atom stereocenters. The quantitative estimate of drug-likeness (QED) is 0.0379. The van der Waals surface area contributed by atoms with Crippen molar-refractivity contribution >= 4 is 35.8 Å². The second-order valence-electron chi connectivity index (χ2n) is 19.4. The van der Waals surface area contributed by atoms with E-state index in [9.17, 15) is 69.6 Å². The van der Waals surface area contributed by atoms with Gasteiger partial charge in [-0.2, -0.15) is 0 Å². The molecule has 0 bridgehead atoms. The van der Waals surface area contributed by atoms with Crippen LogP contribution in [0.15, 0.2) is 69.9 Å². The zero-order valence-corrected chi connectivity index (χ0v) is 47.2. The molecule has 4 aliphatic heterocycles. The molecule has 4 saturated heterocycles. The van der Waals surface area contributed by atoms with Gasteiger partial charge in [0.25, 0.3) is 0 Å². The fraction of sp³-hybridized carbons (Fsp3) is 0.667. The van der Waals surface area contributed by atoms with Crippen LogP contribution in [0.4, 0.5) is 0 Å². The van der Waals surface area contributed by atoms with Gasteiger partial charge in [-0.3, -0.25) is 0 Å². The van der Waals surface area contributed by atoms with E-state index >= 15 is 0 Å². The highest BCUT2D eigenvalue weighted by atomic mass is 16.8. The van der Waals surface area contributed by atoms with Crippen molar-refractivity contribution in [3.8, 4) is 0 Å². The molecule has 4 aliphatic rings. The third-order valence-electron chi connectivity index (χ3n) is 14.0. The number of carbonyl (C=O) groups is 6. The molecule has 456 valence electrons. The number of ether oxygens (including phenoxy) is 13. The standard InChI is InChI=1S/C54H78O27/c1-13-23(7)45(63)69-19-29-33(55)36(58)39(61)51(73-29)79-43-37(59)34(56)30(20-70-46(64)24(8)14-2)74-53(43)81-54-44(38(60)35(57)31(75-54)21-71-47(65)25(9)15-3)80-52-40(62)42(78-50(68)28(12)18-6)41(77-49(67)27(11)17-5)32(76-52)22-72-48(66)26(10)16-4/h13-18,29-44,51-62H,19-22H2,1-12H3. The lowest BCUT2D eigenvalue weighted by atomic mass is 9.96. The van der Waals surface area contributed by atoms with E-state index in [4.69, 9.17) is 61.6 Å². The lowest BCUT2D eigenvalue weighted by Crippen LogP contribution is -2.68. The lowest BCUT2D eigenvalue weighted by Gasteiger charge is -2.49. The first kappa shape index (κ1) is 68.2. The molecular formula is C54H78O27. The average molecular weight is 1160 g/mol. The molecule has 0 amide bonds. The summed E-state index contributed by atoms with van der Waals surface area (Å²) in [6.07, 6.45) is -31.7. The van der Waals surface area contributed by atoms with Gasteiger partial charge in [0.15, 0.2) is 37.4 Å². The average Bonchev–Trinajstić information content (AvgIpc) is 3.57. The molecule has 27 heteroatoms. The summed E-state index contributed by atoms with van der Waals surface area (Å²) >= 11 is 0. The van der Waals surface area contributed by atoms with Gasteiger partial charge in [-0.1, -0.05) is 36.5 Å². The van der Waals surface area contributed by atoms with Crippen LogP contribution in [0.5, 0.6) is 0 Å². The summed E-state index contributed by atoms with van der Waals surface area (Å²) in [6, 6.07) is 0. The molecule has 4 fully saturated rings. The number of carbonyl (C=O) groups excluding carboxylic acids is 6. The highest BCUT2D eigenvalue weighted by Gasteiger charge is 2.57. The summed E-state index contributed by atoms with van der Waals surface area (Å²) in [5.41, 5.74) is 0.648. The Morgan fingerprint density at radius 3 is 0.926 bits per heavy atom. The third kappa shape index (κ3) is 17.4. The zero-order chi connectivity index (χ0) is 60.7. The van der Waals surface area contributed by atoms with Gasteiger partial charge in [-0.05, 0) is 83.1 Å². The first-order valence-electron chi connectivity index (χ1n) is 26.1. The Morgan fingerprint density at radius 2 is 0.580 bits per heavy atom. The van der Waals surface area contributed by atoms with Gasteiger partial charge in [0.2, 0.25) is 0 Å². The van der Waals surface area contributed by atoms with Crippen molar-refractivity contribution in [3.05, 3.63) is 69.9 Å². The number of esters is 6. The van der Waals surface area contributed by atoms with Gasteiger partial charge in [-0.15, -0.1) is 0 Å². The van der Waals surface area contributed by atoms with E-state index in [1.807, 2.05) is 0 Å². The first-order valence-corrected chi connectivity index (χ1v) is 26.1. The minimum Gasteiger partial charge on any atom is -0.459 e. The Bertz CT molecular complexity index is 2370. The molecule has 0 aliphatic carbocycles. The number of aliphatic hydroxyl groups excluding tert-OH is 8. The van der Waals surface area contributed by atoms with Crippen LogP contribution in [0.3, 0.4) is 0 Å². The monoisotopic (exact) mass is 1160 g/mol. The van der Waals surface area contributed by atoms with Gasteiger partial charge in [0, 0.05) is 33.4 Å². The normalized spacial score (nSPS) is 35.6. The molecule has 0 aromatic rings. The summed E-state index contributed by atoms with van der Waals surface area (Å²) in [5.74, 6) is -5.44. The molecule has 0 saturated carbocycles. The highest BCUT2D eigenvalue weighted by molar-refractivity contribution is 5.90. The predicted molar refractivity (Wildman–Crippen MR) is 274 cm³/mol. The number of allylic oxidation sites excluding steroid dienone is 6. The molecule has 4 heterocycles. The molecule has 8 N–H and O–H groups in total. The number of hydrogen-bond acceptors (Lipinski definition) is 27. The Morgan fingerprint density at radius 1 is 0.309 bits per heavy atom. The van der Waals surface area contributed by atoms with Gasteiger partial charge < -0.3 is 102 Å². The second-order valence-corrected chi connectivity index (χ2v) is 19.4. The number of aliphatic hydroxyl groups is 8. The molecule has 0 aromatic carbocycles. The largest absolute Gasteiger partial charge is 0.459 e. The van der Waals surface area contributed by atoms with Crippen molar-refractivity contribution in [2.45, 2.75) is 206 Å². The van der Waals surface area contributed by atoms with E-state index < -0.39 is 185 Å². The molecule has 0 spiro atoms. The van der Waals surface area contributed by atoms with Crippen LogP contribution < -0.4 is 0 Å². The fourth-order valence-corrected chi connectivity index (χ4v) is 7.85. The van der Waals surface area contributed by atoms with Crippen molar-refractivity contribution in [3.63, 3.8) is 0 Å². The zero-order valence-electron chi connectivity index (χ0n) is 47.2. The van der Waals surface area contributed by atoms with Crippen molar-refractivity contribution in [2.75, 3.05) is 26.4 Å². The summed E-state index contributed by atoms with van der Waals surface area (Å²) in [6.45, 7) is 14.7. The van der Waals surface area contributed by atoms with E-state index in [-0.39, 0.29) is 33.4 Å². The first-order chi connectivity index (χ1) is 38.2. The van der Waals surface area contributed by atoms with Crippen molar-refractivity contribution in [1.82, 2.24) is 0 Å². The molecule has 20 unspecified atom stereocenters. The van der Waals surface area contributed by atoms with E-state index in [0.717, 1.165) is 0 Å². The van der Waals surface area contributed by atoms with Crippen LogP contribution in [0.25, 0.3) is 0 Å². The molecule has 81 heavy (non-hydrogen) atoms. The van der Waals surface area contributed by atoms with Gasteiger partial charge in [-0.25, -0.2) is 28.8 Å². The van der Waals surface area contributed by atoms with Crippen molar-refractivity contribution in [2.24, 2.45) is 0 Å². The Balaban J connectivity index is 1.87. The van der Waals surface area contributed by atoms with Crippen LogP contribution in [-0.2, 0) is 90.3 Å². The van der Waals surface area contributed by atoms with E-state index in [1.54, 1.807) is 27.7 Å². The molecule has 27 nitrogen and oxygen atoms in total. The van der Waals surface area contributed by atoms with E-state index in [0.29, 0.717) is 0 Å². The predicted octanol–water partition coefficient (Wildman–Crippen LogP) is -0.646. The van der Waals surface area contributed by atoms with Crippen LogP contribution in [0.1, 0.15) is 83.1 Å². The highest BCUT2D eigenvalue weighted by Crippen LogP contribution is 2.37. The number of hydrogen-bond donors (Lipinski definition) is 8. The number of rotatable bonds is 22. The minimum atomic E-state index is -2.24. The molecular weight excluding hydrogens is 1080 g/mol. The Labute approximate surface area is 468 Å². The van der Waals surface area contributed by atoms with E-state index in [1.165, 1.54) is 91.8 Å². The van der Waals surface area contributed by atoms with Crippen molar-refractivity contribution in [1.29, 1.82) is 0 Å². The van der Waals surface area contributed by atoms with Crippen LogP contribution in [0.2, 0.25) is 0 Å². The molecule has 0 aromatic heterocycles. The molecule has 0 radical (unpaired) electrons. The van der Waals surface area contributed by atoms with Gasteiger partial charge in [0.05, 0.1) is 0 Å². The summed E-state index contributed by atoms with van der Waals surface area (Å²) in [5, 5.41) is 92.3. The third-order valence-corrected chi connectivity index (χ3v) is 14.0. The van der Waals surface area contributed by atoms with E-state index in [2.05, 4.69) is 0 Å². The summed E-state index contributed by atoms with van der Waals surface area (Å²) < 4.78 is 75.6. The SMILES string of the molecule is CC=C(C)C(=O)OCC1OC(OC2C(OC3OC(COC(=O)C(C)=CC)C(O)C(O)C3OC3OC(COC(=O)C(C)=CC)C(OC(=O)C(C)=CC)C(OC(=O)C(C)=CC)C3O)OC(COC(=O)C(C)=CC)C(O)C2O)C(O)C(O)C1O. The second kappa shape index (κ2) is 31.4. The lowest BCUT2D eigenvalue weighted by molar-refractivity contribution is -0.414. The maximum absolute atomic E-state index is 13.5. The van der Waals surface area contributed by atoms with Gasteiger partial charge in [0.1, 0.15) is 112 Å². The van der Waals surface area contributed by atoms with Gasteiger partial charge >= 0.3 is 35.8 Å². The molecule has 4 rings (SSSR count). The summed E-state index contributed by atoms with van der Waals surface area (Å²) in [4.78, 5) is 78.1. The maximum atomic E-state index is 13.5. The van der Waals surface area contributed by atoms with Crippen LogP contribution in [-0.4, -0.2) is 226 Å². The van der Waals surface area contributed by atoms with Crippen LogP contribution in [0, 0.1) is 0 Å². The Hall–Kier alpha value is -5.34. The Kier molecular flexibility index (Phi) is 26.4. The minimum absolute atomic E-state index is 0.0217.